The molecule has 1 heterocycles. The van der Waals surface area contributed by atoms with Gasteiger partial charge >= 0.3 is 0 Å². The number of hydrogen-bond donors (Lipinski definition) is 1. The molecule has 1 aromatic carbocycles. The van der Waals surface area contributed by atoms with Crippen LogP contribution in [0.5, 0.6) is 5.75 Å². The molecule has 0 unspecified atom stereocenters. The summed E-state index contributed by atoms with van der Waals surface area (Å²) in [5.41, 5.74) is 1.96. The van der Waals surface area contributed by atoms with E-state index in [1.165, 1.54) is 0 Å². The van der Waals surface area contributed by atoms with Crippen LogP contribution in [0.15, 0.2) is 35.2 Å². The van der Waals surface area contributed by atoms with Crippen molar-refractivity contribution in [2.24, 2.45) is 0 Å². The molecule has 0 spiro atoms. The summed E-state index contributed by atoms with van der Waals surface area (Å²) in [5, 5.41) is 0. The standard InChI is InChI=1S/C18H25N3O3S/c1-14-13-15(2)21-18(20-14)7-5-4-6-12-19-25(22,23)17-10-8-16(24-3)9-11-17/h8-11,13,19H,4-7,12H2,1-3H3. The quantitative estimate of drug-likeness (QED) is 0.693. The number of sulfonamides is 1. The van der Waals surface area contributed by atoms with E-state index >= 15 is 0 Å². The van der Waals surface area contributed by atoms with E-state index in [1.54, 1.807) is 31.4 Å². The topological polar surface area (TPSA) is 81.2 Å². The van der Waals surface area contributed by atoms with Crippen molar-refractivity contribution in [1.29, 1.82) is 0 Å². The van der Waals surface area contributed by atoms with Gasteiger partial charge in [0.2, 0.25) is 10.0 Å². The van der Waals surface area contributed by atoms with E-state index in [1.807, 2.05) is 19.9 Å². The maximum Gasteiger partial charge on any atom is 0.240 e. The predicted molar refractivity (Wildman–Crippen MR) is 97.2 cm³/mol. The molecule has 0 aliphatic carbocycles. The molecule has 2 rings (SSSR count). The molecule has 0 saturated heterocycles. The second-order valence-electron chi connectivity index (χ2n) is 5.95. The predicted octanol–water partition coefficient (Wildman–Crippen LogP) is 2.79. The molecule has 7 heteroatoms. The van der Waals surface area contributed by atoms with Crippen molar-refractivity contribution in [1.82, 2.24) is 14.7 Å². The highest BCUT2D eigenvalue weighted by molar-refractivity contribution is 7.89. The number of aromatic nitrogens is 2. The van der Waals surface area contributed by atoms with E-state index in [0.29, 0.717) is 12.3 Å². The highest BCUT2D eigenvalue weighted by atomic mass is 32.2. The van der Waals surface area contributed by atoms with Crippen LogP contribution in [-0.4, -0.2) is 32.0 Å². The van der Waals surface area contributed by atoms with Gasteiger partial charge in [-0.2, -0.15) is 0 Å². The molecule has 2 aromatic rings. The van der Waals surface area contributed by atoms with Crippen molar-refractivity contribution in [3.63, 3.8) is 0 Å². The third-order valence-electron chi connectivity index (χ3n) is 3.77. The molecule has 0 saturated carbocycles. The van der Waals surface area contributed by atoms with Crippen molar-refractivity contribution >= 4 is 10.0 Å². The van der Waals surface area contributed by atoms with Gasteiger partial charge in [0.1, 0.15) is 11.6 Å². The number of nitrogens with one attached hydrogen (secondary N) is 1. The highest BCUT2D eigenvalue weighted by Crippen LogP contribution is 2.15. The first kappa shape index (κ1) is 19.3. The Morgan fingerprint density at radius 3 is 2.24 bits per heavy atom. The van der Waals surface area contributed by atoms with Crippen molar-refractivity contribution in [2.45, 2.75) is 44.4 Å². The molecule has 0 bridgehead atoms. The lowest BCUT2D eigenvalue weighted by Crippen LogP contribution is -2.24. The van der Waals surface area contributed by atoms with Crippen LogP contribution in [0, 0.1) is 13.8 Å². The zero-order valence-corrected chi connectivity index (χ0v) is 15.8. The minimum absolute atomic E-state index is 0.247. The van der Waals surface area contributed by atoms with Gasteiger partial charge in [0.15, 0.2) is 0 Å². The number of unbranched alkanes of at least 4 members (excludes halogenated alkanes) is 2. The molecule has 0 aliphatic heterocycles. The van der Waals surface area contributed by atoms with Gasteiger partial charge in [-0.25, -0.2) is 23.1 Å². The van der Waals surface area contributed by atoms with Crippen LogP contribution in [0.3, 0.4) is 0 Å². The molecule has 1 N–H and O–H groups in total. The number of rotatable bonds is 9. The first-order valence-corrected chi connectivity index (χ1v) is 9.84. The summed E-state index contributed by atoms with van der Waals surface area (Å²) in [7, 11) is -1.92. The van der Waals surface area contributed by atoms with Gasteiger partial charge in [-0.3, -0.25) is 0 Å². The Morgan fingerprint density at radius 2 is 1.64 bits per heavy atom. The van der Waals surface area contributed by atoms with Crippen LogP contribution in [0.4, 0.5) is 0 Å². The van der Waals surface area contributed by atoms with Gasteiger partial charge in [-0.1, -0.05) is 6.42 Å². The third kappa shape index (κ3) is 6.10. The van der Waals surface area contributed by atoms with Gasteiger partial charge in [0.05, 0.1) is 12.0 Å². The van der Waals surface area contributed by atoms with E-state index in [-0.39, 0.29) is 4.90 Å². The Hall–Kier alpha value is -1.99. The van der Waals surface area contributed by atoms with Gasteiger partial charge in [-0.05, 0) is 57.0 Å². The van der Waals surface area contributed by atoms with Crippen molar-refractivity contribution in [3.8, 4) is 5.75 Å². The largest absolute Gasteiger partial charge is 0.497 e. The Morgan fingerprint density at radius 1 is 1.00 bits per heavy atom. The molecular weight excluding hydrogens is 338 g/mol. The zero-order chi connectivity index (χ0) is 18.3. The fourth-order valence-corrected chi connectivity index (χ4v) is 3.61. The van der Waals surface area contributed by atoms with Crippen LogP contribution in [0.25, 0.3) is 0 Å². The monoisotopic (exact) mass is 363 g/mol. The van der Waals surface area contributed by atoms with E-state index in [4.69, 9.17) is 4.74 Å². The van der Waals surface area contributed by atoms with Crippen LogP contribution in [-0.2, 0) is 16.4 Å². The smallest absolute Gasteiger partial charge is 0.240 e. The molecule has 0 atom stereocenters. The van der Waals surface area contributed by atoms with Crippen LogP contribution >= 0.6 is 0 Å². The number of aryl methyl sites for hydroxylation is 3. The van der Waals surface area contributed by atoms with Gasteiger partial charge in [0, 0.05) is 24.4 Å². The summed E-state index contributed by atoms with van der Waals surface area (Å²) in [6.45, 7) is 4.35. The van der Waals surface area contributed by atoms with Gasteiger partial charge in [0.25, 0.3) is 0 Å². The maximum absolute atomic E-state index is 12.2. The van der Waals surface area contributed by atoms with Gasteiger partial charge in [-0.15, -0.1) is 0 Å². The second-order valence-corrected chi connectivity index (χ2v) is 7.72. The minimum Gasteiger partial charge on any atom is -0.497 e. The van der Waals surface area contributed by atoms with E-state index in [9.17, 15) is 8.42 Å². The van der Waals surface area contributed by atoms with E-state index < -0.39 is 10.0 Å². The number of hydrogen-bond acceptors (Lipinski definition) is 5. The molecule has 0 fully saturated rings. The van der Waals surface area contributed by atoms with Crippen molar-refractivity contribution in [2.75, 3.05) is 13.7 Å². The summed E-state index contributed by atoms with van der Waals surface area (Å²) in [4.78, 5) is 9.07. The highest BCUT2D eigenvalue weighted by Gasteiger charge is 2.12. The number of methoxy groups -OCH3 is 1. The third-order valence-corrected chi connectivity index (χ3v) is 5.24. The number of ether oxygens (including phenoxy) is 1. The van der Waals surface area contributed by atoms with Crippen LogP contribution in [0.1, 0.15) is 36.5 Å². The second kappa shape index (κ2) is 8.92. The Balaban J connectivity index is 1.72. The molecule has 25 heavy (non-hydrogen) atoms. The van der Waals surface area contributed by atoms with Crippen LogP contribution in [0.2, 0.25) is 0 Å². The Bertz CT molecular complexity index is 769. The number of benzene rings is 1. The average molecular weight is 363 g/mol. The lowest BCUT2D eigenvalue weighted by Gasteiger charge is -2.08. The average Bonchev–Trinajstić information content (AvgIpc) is 2.57. The van der Waals surface area contributed by atoms with Crippen molar-refractivity contribution < 1.29 is 13.2 Å². The molecule has 1 aromatic heterocycles. The summed E-state index contributed by atoms with van der Waals surface area (Å²) >= 11 is 0. The molecule has 6 nitrogen and oxygen atoms in total. The summed E-state index contributed by atoms with van der Waals surface area (Å²) in [5.74, 6) is 1.49. The van der Waals surface area contributed by atoms with E-state index in [0.717, 1.165) is 42.9 Å². The Labute approximate surface area is 149 Å². The molecule has 0 aliphatic rings. The van der Waals surface area contributed by atoms with E-state index in [2.05, 4.69) is 14.7 Å². The fraction of sp³-hybridized carbons (Fsp3) is 0.444. The SMILES string of the molecule is COc1ccc(S(=O)(=O)NCCCCCc2nc(C)cc(C)n2)cc1. The van der Waals surface area contributed by atoms with Crippen LogP contribution < -0.4 is 9.46 Å². The Kier molecular flexibility index (Phi) is 6.90. The molecule has 136 valence electrons. The maximum atomic E-state index is 12.2. The lowest BCUT2D eigenvalue weighted by atomic mass is 10.2. The summed E-state index contributed by atoms with van der Waals surface area (Å²) in [6, 6.07) is 8.31. The fourth-order valence-electron chi connectivity index (χ4n) is 2.54. The molecular formula is C18H25N3O3S. The molecule has 0 radical (unpaired) electrons. The summed E-state index contributed by atoms with van der Waals surface area (Å²) < 4.78 is 32.0. The lowest BCUT2D eigenvalue weighted by molar-refractivity contribution is 0.414. The normalized spacial score (nSPS) is 11.5. The molecule has 0 amide bonds. The van der Waals surface area contributed by atoms with Crippen molar-refractivity contribution in [3.05, 3.63) is 47.5 Å². The first-order chi connectivity index (χ1) is 11.9. The number of nitrogens with zero attached hydrogens (tertiary/aromatic N) is 2. The minimum atomic E-state index is -3.47. The first-order valence-electron chi connectivity index (χ1n) is 8.35. The zero-order valence-electron chi connectivity index (χ0n) is 14.9. The van der Waals surface area contributed by atoms with Gasteiger partial charge < -0.3 is 4.74 Å². The summed E-state index contributed by atoms with van der Waals surface area (Å²) in [6.07, 6.45) is 3.45.